The van der Waals surface area contributed by atoms with Crippen molar-refractivity contribution in [2.45, 2.75) is 38.3 Å². The van der Waals surface area contributed by atoms with Crippen LogP contribution in [0.15, 0.2) is 0 Å². The van der Waals surface area contributed by atoms with Crippen LogP contribution in [-0.2, 0) is 14.3 Å². The molecule has 1 unspecified atom stereocenters. The van der Waals surface area contributed by atoms with E-state index in [1.54, 1.807) is 7.11 Å². The molecule has 0 aromatic rings. The summed E-state index contributed by atoms with van der Waals surface area (Å²) in [5.74, 6) is 0.0198. The van der Waals surface area contributed by atoms with E-state index in [2.05, 4.69) is 24.5 Å². The Kier molecular flexibility index (Phi) is 5.88. The van der Waals surface area contributed by atoms with E-state index in [0.29, 0.717) is 25.7 Å². The molecule has 1 amide bonds. The maximum Gasteiger partial charge on any atom is 0.234 e. The Morgan fingerprint density at radius 2 is 2.29 bits per heavy atom. The molecule has 0 saturated carbocycles. The number of rotatable bonds is 6. The second-order valence-corrected chi connectivity index (χ2v) is 5.02. The zero-order valence-electron chi connectivity index (χ0n) is 11.0. The van der Waals surface area contributed by atoms with Crippen molar-refractivity contribution in [2.24, 2.45) is 0 Å². The summed E-state index contributed by atoms with van der Waals surface area (Å²) in [5, 5.41) is 6.06. The zero-order valence-corrected chi connectivity index (χ0v) is 11.0. The van der Waals surface area contributed by atoms with Gasteiger partial charge in [-0.15, -0.1) is 0 Å². The van der Waals surface area contributed by atoms with Crippen molar-refractivity contribution < 1.29 is 14.3 Å². The second kappa shape index (κ2) is 6.93. The van der Waals surface area contributed by atoms with Crippen LogP contribution in [0, 0.1) is 0 Å². The van der Waals surface area contributed by atoms with Gasteiger partial charge in [-0.3, -0.25) is 4.79 Å². The van der Waals surface area contributed by atoms with Crippen LogP contribution >= 0.6 is 0 Å². The molecule has 1 saturated heterocycles. The smallest absolute Gasteiger partial charge is 0.234 e. The molecule has 5 nitrogen and oxygen atoms in total. The quantitative estimate of drug-likeness (QED) is 0.660. The summed E-state index contributed by atoms with van der Waals surface area (Å²) >= 11 is 0. The van der Waals surface area contributed by atoms with Crippen LogP contribution < -0.4 is 10.6 Å². The van der Waals surface area contributed by atoms with E-state index >= 15 is 0 Å². The van der Waals surface area contributed by atoms with E-state index in [1.165, 1.54) is 0 Å². The average Bonchev–Trinajstić information content (AvgIpc) is 2.25. The van der Waals surface area contributed by atoms with Crippen LogP contribution in [0.5, 0.6) is 0 Å². The van der Waals surface area contributed by atoms with Gasteiger partial charge in [0, 0.05) is 26.3 Å². The lowest BCUT2D eigenvalue weighted by molar-refractivity contribution is -0.121. The number of methoxy groups -OCH3 is 1. The lowest BCUT2D eigenvalue weighted by atomic mass is 9.94. The van der Waals surface area contributed by atoms with Gasteiger partial charge in [-0.2, -0.15) is 0 Å². The molecule has 1 rings (SSSR count). The van der Waals surface area contributed by atoms with Gasteiger partial charge in [0.1, 0.15) is 0 Å². The highest BCUT2D eigenvalue weighted by Crippen LogP contribution is 2.23. The van der Waals surface area contributed by atoms with Crippen LogP contribution in [0.25, 0.3) is 0 Å². The molecule has 5 heteroatoms. The molecule has 1 heterocycles. The Balaban J connectivity index is 2.15. The molecule has 1 atom stereocenters. The molecule has 0 aliphatic carbocycles. The van der Waals surface area contributed by atoms with Crippen molar-refractivity contribution in [1.82, 2.24) is 10.6 Å². The van der Waals surface area contributed by atoms with E-state index < -0.39 is 0 Å². The summed E-state index contributed by atoms with van der Waals surface area (Å²) in [4.78, 5) is 11.5. The minimum Gasteiger partial charge on any atom is -0.383 e. The van der Waals surface area contributed by atoms with Gasteiger partial charge in [-0.25, -0.2) is 0 Å². The fourth-order valence-corrected chi connectivity index (χ4v) is 2.00. The Hall–Kier alpha value is -0.650. The van der Waals surface area contributed by atoms with Gasteiger partial charge in [0.25, 0.3) is 0 Å². The Morgan fingerprint density at radius 3 is 2.94 bits per heavy atom. The first-order valence-electron chi connectivity index (χ1n) is 6.16. The van der Waals surface area contributed by atoms with Crippen LogP contribution in [0.4, 0.5) is 0 Å². The molecule has 0 aromatic carbocycles. The standard InChI is InChI=1S/C12H24N2O3/c1-12(2)8-10(4-6-17-12)14-9-11(15)13-5-7-16-3/h10,14H,4-9H2,1-3H3,(H,13,15). The van der Waals surface area contributed by atoms with E-state index in [-0.39, 0.29) is 11.5 Å². The molecule has 0 aromatic heterocycles. The summed E-state index contributed by atoms with van der Waals surface area (Å²) in [5.41, 5.74) is -0.0809. The van der Waals surface area contributed by atoms with Crippen molar-refractivity contribution in [3.63, 3.8) is 0 Å². The molecule has 1 fully saturated rings. The largest absolute Gasteiger partial charge is 0.383 e. The average molecular weight is 244 g/mol. The summed E-state index contributed by atoms with van der Waals surface area (Å²) in [7, 11) is 1.62. The summed E-state index contributed by atoms with van der Waals surface area (Å²) in [6.45, 7) is 6.41. The summed E-state index contributed by atoms with van der Waals surface area (Å²) in [6.07, 6.45) is 1.91. The fraction of sp³-hybridized carbons (Fsp3) is 0.917. The van der Waals surface area contributed by atoms with E-state index in [1.807, 2.05) is 0 Å². The van der Waals surface area contributed by atoms with Crippen molar-refractivity contribution >= 4 is 5.91 Å². The van der Waals surface area contributed by atoms with Gasteiger partial charge in [0.15, 0.2) is 0 Å². The molecular formula is C12H24N2O3. The first-order valence-corrected chi connectivity index (χ1v) is 6.16. The summed E-state index contributed by atoms with van der Waals surface area (Å²) < 4.78 is 10.5. The second-order valence-electron chi connectivity index (χ2n) is 5.02. The lowest BCUT2D eigenvalue weighted by Gasteiger charge is -2.35. The van der Waals surface area contributed by atoms with Crippen LogP contribution in [0.3, 0.4) is 0 Å². The molecule has 0 bridgehead atoms. The first kappa shape index (κ1) is 14.4. The molecular weight excluding hydrogens is 220 g/mol. The zero-order chi connectivity index (χ0) is 12.7. The van der Waals surface area contributed by atoms with Crippen molar-refractivity contribution in [3.8, 4) is 0 Å². The SMILES string of the molecule is COCCNC(=O)CNC1CCOC(C)(C)C1. The lowest BCUT2D eigenvalue weighted by Crippen LogP contribution is -2.47. The normalized spacial score (nSPS) is 23.4. The number of amides is 1. The highest BCUT2D eigenvalue weighted by atomic mass is 16.5. The molecule has 1 aliphatic rings. The van der Waals surface area contributed by atoms with E-state index in [0.717, 1.165) is 19.4 Å². The van der Waals surface area contributed by atoms with Gasteiger partial charge in [-0.1, -0.05) is 0 Å². The minimum atomic E-state index is -0.0809. The predicted molar refractivity (Wildman–Crippen MR) is 65.9 cm³/mol. The van der Waals surface area contributed by atoms with Crippen molar-refractivity contribution in [3.05, 3.63) is 0 Å². The molecule has 17 heavy (non-hydrogen) atoms. The highest BCUT2D eigenvalue weighted by Gasteiger charge is 2.28. The number of carbonyl (C=O) groups is 1. The minimum absolute atomic E-state index is 0.0198. The third-order valence-corrected chi connectivity index (χ3v) is 2.88. The topological polar surface area (TPSA) is 59.6 Å². The van der Waals surface area contributed by atoms with Crippen LogP contribution in [0.2, 0.25) is 0 Å². The van der Waals surface area contributed by atoms with Crippen molar-refractivity contribution in [1.29, 1.82) is 0 Å². The van der Waals surface area contributed by atoms with Crippen LogP contribution in [-0.4, -0.2) is 51.0 Å². The first-order chi connectivity index (χ1) is 8.03. The van der Waals surface area contributed by atoms with Crippen LogP contribution in [0.1, 0.15) is 26.7 Å². The van der Waals surface area contributed by atoms with Gasteiger partial charge in [0.05, 0.1) is 18.8 Å². The molecule has 100 valence electrons. The Morgan fingerprint density at radius 1 is 1.53 bits per heavy atom. The number of hydrogen-bond acceptors (Lipinski definition) is 4. The Labute approximate surface area is 103 Å². The predicted octanol–water partition coefficient (Wildman–Crippen LogP) is 0.296. The highest BCUT2D eigenvalue weighted by molar-refractivity contribution is 5.77. The maximum atomic E-state index is 11.5. The van der Waals surface area contributed by atoms with Gasteiger partial charge < -0.3 is 20.1 Å². The molecule has 1 aliphatic heterocycles. The molecule has 0 spiro atoms. The molecule has 2 N–H and O–H groups in total. The van der Waals surface area contributed by atoms with Gasteiger partial charge in [0.2, 0.25) is 5.91 Å². The third-order valence-electron chi connectivity index (χ3n) is 2.88. The van der Waals surface area contributed by atoms with Gasteiger partial charge >= 0.3 is 0 Å². The maximum absolute atomic E-state index is 11.5. The number of nitrogens with one attached hydrogen (secondary N) is 2. The van der Waals surface area contributed by atoms with Crippen molar-refractivity contribution in [2.75, 3.05) is 33.4 Å². The van der Waals surface area contributed by atoms with E-state index in [9.17, 15) is 4.79 Å². The number of hydrogen-bond donors (Lipinski definition) is 2. The summed E-state index contributed by atoms with van der Waals surface area (Å²) in [6, 6.07) is 0.368. The fourth-order valence-electron chi connectivity index (χ4n) is 2.00. The monoisotopic (exact) mass is 244 g/mol. The Bertz CT molecular complexity index is 244. The van der Waals surface area contributed by atoms with Gasteiger partial charge in [-0.05, 0) is 26.7 Å². The third kappa shape index (κ3) is 6.00. The molecule has 0 radical (unpaired) electrons. The van der Waals surface area contributed by atoms with E-state index in [4.69, 9.17) is 9.47 Å². The number of carbonyl (C=O) groups excluding carboxylic acids is 1. The number of ether oxygens (including phenoxy) is 2.